The number of piperazine rings is 1. The van der Waals surface area contributed by atoms with Crippen molar-refractivity contribution in [1.82, 2.24) is 15.2 Å². The maximum absolute atomic E-state index is 12.6. The second kappa shape index (κ2) is 8.71. The predicted octanol–water partition coefficient (Wildman–Crippen LogP) is 2.35. The van der Waals surface area contributed by atoms with E-state index in [1.54, 1.807) is 6.20 Å². The van der Waals surface area contributed by atoms with Gasteiger partial charge in [0.1, 0.15) is 5.82 Å². The van der Waals surface area contributed by atoms with Gasteiger partial charge >= 0.3 is 0 Å². The van der Waals surface area contributed by atoms with Crippen molar-refractivity contribution in [2.45, 2.75) is 38.8 Å². The summed E-state index contributed by atoms with van der Waals surface area (Å²) in [7, 11) is 0. The van der Waals surface area contributed by atoms with Crippen LogP contribution in [0.25, 0.3) is 0 Å². The monoisotopic (exact) mass is 360 g/mol. The lowest BCUT2D eigenvalue weighted by molar-refractivity contribution is 0.0602. The lowest BCUT2D eigenvalue weighted by Gasteiger charge is -2.38. The fourth-order valence-electron chi connectivity index (χ4n) is 3.15. The second-order valence-corrected chi connectivity index (χ2v) is 6.08. The van der Waals surface area contributed by atoms with E-state index in [-0.39, 0.29) is 36.8 Å². The molecule has 2 fully saturated rings. The number of hydrogen-bond acceptors (Lipinski definition) is 4. The van der Waals surface area contributed by atoms with Crippen LogP contribution < -0.4 is 10.2 Å². The van der Waals surface area contributed by atoms with E-state index in [0.29, 0.717) is 11.6 Å². The van der Waals surface area contributed by atoms with Gasteiger partial charge in [0.2, 0.25) is 0 Å². The summed E-state index contributed by atoms with van der Waals surface area (Å²) >= 11 is 0. The molecule has 2 atom stereocenters. The number of amides is 1. The average Bonchev–Trinajstić information content (AvgIpc) is 3.04. The summed E-state index contributed by atoms with van der Waals surface area (Å²) in [6.07, 6.45) is 4.20. The van der Waals surface area contributed by atoms with Crippen molar-refractivity contribution in [3.63, 3.8) is 0 Å². The first-order chi connectivity index (χ1) is 10.2. The van der Waals surface area contributed by atoms with Crippen molar-refractivity contribution in [2.24, 2.45) is 0 Å². The van der Waals surface area contributed by atoms with Crippen molar-refractivity contribution in [1.29, 1.82) is 0 Å². The molecule has 3 heterocycles. The molecule has 2 aliphatic heterocycles. The largest absolute Gasteiger partial charge is 0.357 e. The Balaban J connectivity index is 0.00000132. The molecule has 0 aliphatic carbocycles. The Morgan fingerprint density at radius 3 is 2.48 bits per heavy atom. The lowest BCUT2D eigenvalue weighted by atomic mass is 10.1. The zero-order chi connectivity index (χ0) is 14.8. The summed E-state index contributed by atoms with van der Waals surface area (Å²) in [6, 6.07) is 4.45. The maximum atomic E-state index is 12.6. The third kappa shape index (κ3) is 4.28. The fourth-order valence-corrected chi connectivity index (χ4v) is 3.15. The van der Waals surface area contributed by atoms with Crippen molar-refractivity contribution in [3.8, 4) is 0 Å². The zero-order valence-electron chi connectivity index (χ0n) is 13.7. The van der Waals surface area contributed by atoms with Crippen molar-refractivity contribution in [2.75, 3.05) is 31.1 Å². The molecule has 5 nitrogen and oxygen atoms in total. The number of carbonyl (C=O) groups excluding carboxylic acids is 1. The van der Waals surface area contributed by atoms with Crippen LogP contribution in [0.15, 0.2) is 18.3 Å². The molecule has 1 amide bonds. The molecule has 0 saturated carbocycles. The fraction of sp³-hybridized carbons (Fsp3) is 0.625. The normalized spacial score (nSPS) is 23.9. The van der Waals surface area contributed by atoms with E-state index in [1.807, 2.05) is 17.0 Å². The van der Waals surface area contributed by atoms with E-state index in [9.17, 15) is 4.79 Å². The van der Waals surface area contributed by atoms with Gasteiger partial charge in [0.25, 0.3) is 5.91 Å². The summed E-state index contributed by atoms with van der Waals surface area (Å²) < 4.78 is 0. The van der Waals surface area contributed by atoms with Gasteiger partial charge in [0.15, 0.2) is 0 Å². The van der Waals surface area contributed by atoms with Gasteiger partial charge < -0.3 is 15.1 Å². The van der Waals surface area contributed by atoms with E-state index < -0.39 is 0 Å². The van der Waals surface area contributed by atoms with Gasteiger partial charge in [-0.3, -0.25) is 4.79 Å². The molecular weight excluding hydrogens is 335 g/mol. The number of anilines is 1. The summed E-state index contributed by atoms with van der Waals surface area (Å²) in [5.74, 6) is 1.09. The third-order valence-corrected chi connectivity index (χ3v) is 4.72. The molecule has 2 aliphatic rings. The first-order valence-electron chi connectivity index (χ1n) is 7.92. The van der Waals surface area contributed by atoms with Gasteiger partial charge in [-0.25, -0.2) is 4.98 Å². The minimum Gasteiger partial charge on any atom is -0.357 e. The molecule has 0 bridgehead atoms. The summed E-state index contributed by atoms with van der Waals surface area (Å²) in [5, 5.41) is 3.40. The van der Waals surface area contributed by atoms with Crippen LogP contribution in [-0.2, 0) is 0 Å². The molecule has 7 heteroatoms. The Hall–Kier alpha value is -1.04. The van der Waals surface area contributed by atoms with Crippen LogP contribution in [0.3, 0.4) is 0 Å². The Kier molecular flexibility index (Phi) is 7.58. The van der Waals surface area contributed by atoms with Gasteiger partial charge in [-0.15, -0.1) is 24.8 Å². The summed E-state index contributed by atoms with van der Waals surface area (Å²) in [6.45, 7) is 7.99. The highest BCUT2D eigenvalue weighted by Crippen LogP contribution is 2.19. The molecule has 0 aromatic carbocycles. The summed E-state index contributed by atoms with van der Waals surface area (Å²) in [4.78, 5) is 21.3. The topological polar surface area (TPSA) is 48.5 Å². The zero-order valence-corrected chi connectivity index (χ0v) is 15.3. The lowest BCUT2D eigenvalue weighted by Crippen LogP contribution is -2.57. The molecule has 23 heavy (non-hydrogen) atoms. The third-order valence-electron chi connectivity index (χ3n) is 4.72. The molecule has 1 N–H and O–H groups in total. The van der Waals surface area contributed by atoms with Crippen LogP contribution in [0.5, 0.6) is 0 Å². The van der Waals surface area contributed by atoms with Crippen LogP contribution >= 0.6 is 24.8 Å². The Morgan fingerprint density at radius 1 is 1.17 bits per heavy atom. The van der Waals surface area contributed by atoms with E-state index in [2.05, 4.69) is 29.0 Å². The van der Waals surface area contributed by atoms with E-state index in [1.165, 1.54) is 12.8 Å². The van der Waals surface area contributed by atoms with E-state index >= 15 is 0 Å². The smallest absolute Gasteiger partial charge is 0.255 e. The molecule has 0 radical (unpaired) electrons. The molecule has 1 aromatic rings. The highest BCUT2D eigenvalue weighted by Gasteiger charge is 2.28. The van der Waals surface area contributed by atoms with Gasteiger partial charge in [-0.2, -0.15) is 0 Å². The molecule has 2 unspecified atom stereocenters. The number of rotatable bonds is 2. The van der Waals surface area contributed by atoms with Crippen molar-refractivity contribution in [3.05, 3.63) is 23.9 Å². The standard InChI is InChI=1S/C16H24N4O.2ClH/c1-12-13(2)20(10-7-17-12)16(21)14-5-6-15(18-11-14)19-8-3-4-9-19;;/h5-6,11-13,17H,3-4,7-10H2,1-2H3;2*1H. The van der Waals surface area contributed by atoms with E-state index in [0.717, 1.165) is 32.0 Å². The number of pyridine rings is 1. The average molecular weight is 361 g/mol. The van der Waals surface area contributed by atoms with Gasteiger partial charge in [-0.05, 0) is 38.8 Å². The Bertz CT molecular complexity index is 505. The molecule has 1 aromatic heterocycles. The first kappa shape index (κ1) is 20.0. The highest BCUT2D eigenvalue weighted by atomic mass is 35.5. The first-order valence-corrected chi connectivity index (χ1v) is 7.92. The molecule has 3 rings (SSSR count). The Labute approximate surface area is 150 Å². The highest BCUT2D eigenvalue weighted by molar-refractivity contribution is 5.94. The molecule has 0 spiro atoms. The van der Waals surface area contributed by atoms with Crippen LogP contribution in [0, 0.1) is 0 Å². The number of carbonyl (C=O) groups is 1. The second-order valence-electron chi connectivity index (χ2n) is 6.08. The SMILES string of the molecule is CC1NCCN(C(=O)c2ccc(N3CCCC3)nc2)C1C.Cl.Cl. The van der Waals surface area contributed by atoms with Gasteiger partial charge in [-0.1, -0.05) is 0 Å². The van der Waals surface area contributed by atoms with Crippen LogP contribution in [-0.4, -0.2) is 54.1 Å². The minimum atomic E-state index is 0. The molecule has 130 valence electrons. The number of nitrogens with one attached hydrogen (secondary N) is 1. The quantitative estimate of drug-likeness (QED) is 0.879. The van der Waals surface area contributed by atoms with Gasteiger partial charge in [0, 0.05) is 44.5 Å². The maximum Gasteiger partial charge on any atom is 0.255 e. The van der Waals surface area contributed by atoms with Crippen LogP contribution in [0.4, 0.5) is 5.82 Å². The van der Waals surface area contributed by atoms with Gasteiger partial charge in [0.05, 0.1) is 5.56 Å². The number of hydrogen-bond donors (Lipinski definition) is 1. The molecular formula is C16H26Cl2N4O. The summed E-state index contributed by atoms with van der Waals surface area (Å²) in [5.41, 5.74) is 0.693. The number of aromatic nitrogens is 1. The Morgan fingerprint density at radius 2 is 1.87 bits per heavy atom. The number of nitrogens with zero attached hydrogens (tertiary/aromatic N) is 3. The van der Waals surface area contributed by atoms with Crippen molar-refractivity contribution < 1.29 is 4.79 Å². The van der Waals surface area contributed by atoms with Crippen LogP contribution in [0.1, 0.15) is 37.0 Å². The molecule has 2 saturated heterocycles. The van der Waals surface area contributed by atoms with Crippen LogP contribution in [0.2, 0.25) is 0 Å². The predicted molar refractivity (Wildman–Crippen MR) is 98.1 cm³/mol. The van der Waals surface area contributed by atoms with Crippen molar-refractivity contribution >= 4 is 36.5 Å². The number of halogens is 2. The minimum absolute atomic E-state index is 0. The van der Waals surface area contributed by atoms with E-state index in [4.69, 9.17) is 0 Å².